The first-order valence-corrected chi connectivity index (χ1v) is 12.9. The van der Waals surface area contributed by atoms with E-state index in [9.17, 15) is 4.79 Å². The lowest BCUT2D eigenvalue weighted by atomic mass is 9.65. The normalized spacial score (nSPS) is 23.2. The van der Waals surface area contributed by atoms with Gasteiger partial charge in [0, 0.05) is 30.1 Å². The van der Waals surface area contributed by atoms with Gasteiger partial charge in [0.15, 0.2) is 23.0 Å². The van der Waals surface area contributed by atoms with E-state index in [1.54, 1.807) is 0 Å². The average molecular weight is 565 g/mol. The molecule has 3 aliphatic heterocycles. The van der Waals surface area contributed by atoms with Crippen molar-refractivity contribution in [1.29, 1.82) is 0 Å². The van der Waals surface area contributed by atoms with E-state index in [2.05, 4.69) is 5.16 Å². The Morgan fingerprint density at radius 1 is 0.974 bits per heavy atom. The second kappa shape index (κ2) is 9.91. The Balaban J connectivity index is 1.63. The third-order valence-corrected chi connectivity index (χ3v) is 8.28. The summed E-state index contributed by atoms with van der Waals surface area (Å²) < 4.78 is 33.7. The van der Waals surface area contributed by atoms with Crippen molar-refractivity contribution < 1.29 is 38.1 Å². The molecule has 2 aromatic rings. The van der Waals surface area contributed by atoms with Gasteiger partial charge in [-0.15, -0.1) is 0 Å². The number of carbonyl (C=O) groups is 1. The predicted octanol–water partition coefficient (Wildman–Crippen LogP) is 3.72. The molecule has 0 saturated carbocycles. The number of halogens is 2. The topological polar surface area (TPSA) is 97.3 Å². The Bertz CT molecular complexity index is 1300. The van der Waals surface area contributed by atoms with Crippen molar-refractivity contribution in [3.8, 4) is 28.7 Å². The minimum Gasteiger partial charge on any atom is -0.491 e. The molecular weight excluding hydrogens is 539 g/mol. The van der Waals surface area contributed by atoms with Crippen LogP contribution in [-0.2, 0) is 14.4 Å². The van der Waals surface area contributed by atoms with Gasteiger partial charge < -0.3 is 38.2 Å². The summed E-state index contributed by atoms with van der Waals surface area (Å²) in [6.45, 7) is 2.22. The Labute approximate surface area is 229 Å². The van der Waals surface area contributed by atoms with Crippen LogP contribution in [0.25, 0.3) is 0 Å². The Hall–Kier alpha value is -3.08. The standard InChI is InChI=1S/C26H26Cl2N2O8/c1-32-23-20(27)19(21(28)24(33-2)25(23)34-3)17-12-8-15-16(37-11-36-15)9-13(12)22-14(10-38-29-22)18(17)26(31)30-4-6-35-7-5-30/h8-9,14,17-18H,4-7,10-11H2,1-3H3/t14-,17+,18-/m0/s1. The van der Waals surface area contributed by atoms with Crippen LogP contribution in [0.4, 0.5) is 0 Å². The SMILES string of the molecule is COc1c(Cl)c([C@@H]2c3cc4c(cc3C3=NOC[C@H]3[C@@H]2C(=O)N2CCOCC2)OCO4)c(Cl)c(OC)c1OC. The molecule has 3 heterocycles. The van der Waals surface area contributed by atoms with E-state index in [0.29, 0.717) is 49.1 Å². The fourth-order valence-corrected chi connectivity index (χ4v) is 6.63. The van der Waals surface area contributed by atoms with Gasteiger partial charge in [0.25, 0.3) is 0 Å². The van der Waals surface area contributed by atoms with E-state index in [-0.39, 0.29) is 52.5 Å². The van der Waals surface area contributed by atoms with Crippen LogP contribution in [0.5, 0.6) is 28.7 Å². The zero-order valence-corrected chi connectivity index (χ0v) is 22.6. The maximum Gasteiger partial charge on any atom is 0.231 e. The minimum absolute atomic E-state index is 0.0642. The maximum absolute atomic E-state index is 14.3. The molecule has 3 atom stereocenters. The van der Waals surface area contributed by atoms with E-state index in [1.807, 2.05) is 17.0 Å². The molecule has 202 valence electrons. The van der Waals surface area contributed by atoms with Crippen LogP contribution in [0.15, 0.2) is 17.3 Å². The van der Waals surface area contributed by atoms with Crippen LogP contribution in [0.1, 0.15) is 22.6 Å². The van der Waals surface area contributed by atoms with E-state index in [4.69, 9.17) is 56.5 Å². The molecule has 0 unspecified atom stereocenters. The van der Waals surface area contributed by atoms with Crippen molar-refractivity contribution in [2.75, 3.05) is 61.0 Å². The molecule has 0 aromatic heterocycles. The molecule has 0 radical (unpaired) electrons. The van der Waals surface area contributed by atoms with E-state index in [0.717, 1.165) is 11.1 Å². The number of hydrogen-bond donors (Lipinski definition) is 0. The van der Waals surface area contributed by atoms with Crippen molar-refractivity contribution in [1.82, 2.24) is 4.90 Å². The number of nitrogens with zero attached hydrogens (tertiary/aromatic N) is 2. The average Bonchev–Trinajstić information content (AvgIpc) is 3.61. The number of oxime groups is 1. The zero-order valence-electron chi connectivity index (χ0n) is 21.0. The third kappa shape index (κ3) is 3.72. The second-order valence-electron chi connectivity index (χ2n) is 9.25. The van der Waals surface area contributed by atoms with Gasteiger partial charge >= 0.3 is 0 Å². The van der Waals surface area contributed by atoms with Gasteiger partial charge in [0.05, 0.1) is 62.1 Å². The highest BCUT2D eigenvalue weighted by molar-refractivity contribution is 6.38. The Morgan fingerprint density at radius 3 is 2.24 bits per heavy atom. The largest absolute Gasteiger partial charge is 0.491 e. The molecule has 0 bridgehead atoms. The number of fused-ring (bicyclic) bond motifs is 4. The number of rotatable bonds is 5. The molecule has 1 amide bonds. The molecule has 4 aliphatic rings. The minimum atomic E-state index is -0.639. The Morgan fingerprint density at radius 2 is 1.61 bits per heavy atom. The molecule has 0 spiro atoms. The highest BCUT2D eigenvalue weighted by Gasteiger charge is 2.51. The number of morpholine rings is 1. The third-order valence-electron chi connectivity index (χ3n) is 7.53. The van der Waals surface area contributed by atoms with Crippen LogP contribution in [0, 0.1) is 11.8 Å². The van der Waals surface area contributed by atoms with Gasteiger partial charge in [0.2, 0.25) is 18.4 Å². The predicted molar refractivity (Wildman–Crippen MR) is 137 cm³/mol. The number of carbonyl (C=O) groups excluding carboxylic acids is 1. The van der Waals surface area contributed by atoms with Crippen molar-refractivity contribution >= 4 is 34.8 Å². The molecule has 6 rings (SSSR count). The van der Waals surface area contributed by atoms with E-state index < -0.39 is 11.8 Å². The first-order valence-electron chi connectivity index (χ1n) is 12.2. The number of benzene rings is 2. The summed E-state index contributed by atoms with van der Waals surface area (Å²) in [7, 11) is 4.45. The van der Waals surface area contributed by atoms with Gasteiger partial charge in [-0.25, -0.2) is 0 Å². The highest BCUT2D eigenvalue weighted by Crippen LogP contribution is 2.58. The lowest BCUT2D eigenvalue weighted by Gasteiger charge is -2.41. The fraction of sp³-hybridized carbons (Fsp3) is 0.462. The maximum atomic E-state index is 14.3. The number of amides is 1. The first kappa shape index (κ1) is 25.2. The van der Waals surface area contributed by atoms with Crippen LogP contribution < -0.4 is 23.7 Å². The number of methoxy groups -OCH3 is 3. The van der Waals surface area contributed by atoms with Crippen molar-refractivity contribution in [2.45, 2.75) is 5.92 Å². The highest BCUT2D eigenvalue weighted by atomic mass is 35.5. The summed E-state index contributed by atoms with van der Waals surface area (Å²) in [5.74, 6) is 0.257. The molecule has 1 saturated heterocycles. The quantitative estimate of drug-likeness (QED) is 0.542. The van der Waals surface area contributed by atoms with Gasteiger partial charge in [-0.2, -0.15) is 0 Å². The van der Waals surface area contributed by atoms with E-state index >= 15 is 0 Å². The van der Waals surface area contributed by atoms with Crippen molar-refractivity contribution in [3.05, 3.63) is 38.9 Å². The summed E-state index contributed by atoms with van der Waals surface area (Å²) in [4.78, 5) is 21.7. The molecule has 2 aromatic carbocycles. The monoisotopic (exact) mass is 564 g/mol. The van der Waals surface area contributed by atoms with E-state index in [1.165, 1.54) is 21.3 Å². The first-order chi connectivity index (χ1) is 18.5. The molecular formula is C26H26Cl2N2O8. The van der Waals surface area contributed by atoms with Crippen LogP contribution in [-0.4, -0.2) is 77.6 Å². The summed E-state index contributed by atoms with van der Waals surface area (Å²) >= 11 is 14.1. The summed E-state index contributed by atoms with van der Waals surface area (Å²) in [6.07, 6.45) is 0. The molecule has 0 N–H and O–H groups in total. The second-order valence-corrected chi connectivity index (χ2v) is 10.0. The van der Waals surface area contributed by atoms with Gasteiger partial charge in [0.1, 0.15) is 6.61 Å². The molecule has 1 aliphatic carbocycles. The van der Waals surface area contributed by atoms with Crippen molar-refractivity contribution in [2.24, 2.45) is 17.0 Å². The zero-order chi connectivity index (χ0) is 26.6. The molecule has 10 nitrogen and oxygen atoms in total. The van der Waals surface area contributed by atoms with Crippen LogP contribution in [0.3, 0.4) is 0 Å². The number of hydrogen-bond acceptors (Lipinski definition) is 9. The van der Waals surface area contributed by atoms with Gasteiger partial charge in [-0.1, -0.05) is 28.4 Å². The van der Waals surface area contributed by atoms with Crippen LogP contribution >= 0.6 is 23.2 Å². The molecule has 12 heteroatoms. The summed E-state index contributed by atoms with van der Waals surface area (Å²) in [5, 5.41) is 4.81. The summed E-state index contributed by atoms with van der Waals surface area (Å²) in [6, 6.07) is 3.75. The number of ether oxygens (including phenoxy) is 6. The Kier molecular flexibility index (Phi) is 6.57. The van der Waals surface area contributed by atoms with Crippen molar-refractivity contribution in [3.63, 3.8) is 0 Å². The van der Waals surface area contributed by atoms with Gasteiger partial charge in [-0.3, -0.25) is 4.79 Å². The van der Waals surface area contributed by atoms with Crippen LogP contribution in [0.2, 0.25) is 10.0 Å². The molecule has 38 heavy (non-hydrogen) atoms. The van der Waals surface area contributed by atoms with Gasteiger partial charge in [-0.05, 0) is 17.7 Å². The fourth-order valence-electron chi connectivity index (χ4n) is 5.83. The lowest BCUT2D eigenvalue weighted by molar-refractivity contribution is -0.141. The molecule has 1 fully saturated rings. The summed E-state index contributed by atoms with van der Waals surface area (Å²) in [5.41, 5.74) is 2.72. The lowest BCUT2D eigenvalue weighted by Crippen LogP contribution is -2.50. The smallest absolute Gasteiger partial charge is 0.231 e.